The summed E-state index contributed by atoms with van der Waals surface area (Å²) in [5.41, 5.74) is 0.890. The molecule has 0 saturated carbocycles. The number of furan rings is 1. The molecule has 3 rings (SSSR count). The highest BCUT2D eigenvalue weighted by Crippen LogP contribution is 2.19. The standard InChI is InChI=1S/C21H27N5O3S/c1-14(15-6-7-22-19(27)10-15)18-11-24-21(25-20(18)28)23-8-9-30-13-17-5-4-16(29-17)12-26(2)3/h4-7,10-11,14H,8-9,12-13H2,1-3H3,(H,22,27)(H2,23,24,25,28). The third-order valence-corrected chi connectivity index (χ3v) is 5.55. The van der Waals surface area contributed by atoms with Crippen molar-refractivity contribution in [3.05, 3.63) is 80.0 Å². The maximum absolute atomic E-state index is 12.4. The zero-order valence-corrected chi connectivity index (χ0v) is 18.2. The number of aromatic amines is 2. The van der Waals surface area contributed by atoms with Gasteiger partial charge < -0.3 is 19.6 Å². The number of H-pyrrole nitrogens is 2. The molecule has 8 nitrogen and oxygen atoms in total. The van der Waals surface area contributed by atoms with E-state index in [4.69, 9.17) is 4.42 Å². The first kappa shape index (κ1) is 21.9. The first-order valence-corrected chi connectivity index (χ1v) is 10.9. The summed E-state index contributed by atoms with van der Waals surface area (Å²) in [5, 5.41) is 3.14. The van der Waals surface area contributed by atoms with E-state index in [1.165, 1.54) is 6.07 Å². The quantitative estimate of drug-likeness (QED) is 0.425. The number of pyridine rings is 1. The minimum atomic E-state index is -0.223. The molecule has 3 aromatic rings. The second-order valence-corrected chi connectivity index (χ2v) is 8.41. The van der Waals surface area contributed by atoms with E-state index in [-0.39, 0.29) is 17.0 Å². The molecule has 0 fully saturated rings. The SMILES string of the molecule is CC(c1cc[nH]c(=O)c1)c1cnc(NCCSCc2ccc(CN(C)C)o2)[nH]c1=O. The number of rotatable bonds is 10. The maximum Gasteiger partial charge on any atom is 0.256 e. The molecule has 0 spiro atoms. The summed E-state index contributed by atoms with van der Waals surface area (Å²) in [5.74, 6) is 3.78. The Morgan fingerprint density at radius 3 is 2.77 bits per heavy atom. The van der Waals surface area contributed by atoms with Gasteiger partial charge in [-0.25, -0.2) is 4.98 Å². The predicted molar refractivity (Wildman–Crippen MR) is 120 cm³/mol. The molecule has 9 heteroatoms. The van der Waals surface area contributed by atoms with Crippen LogP contribution in [-0.4, -0.2) is 46.2 Å². The zero-order valence-electron chi connectivity index (χ0n) is 17.4. The molecule has 1 atom stereocenters. The molecular weight excluding hydrogens is 402 g/mol. The van der Waals surface area contributed by atoms with E-state index in [9.17, 15) is 9.59 Å². The van der Waals surface area contributed by atoms with Gasteiger partial charge >= 0.3 is 0 Å². The summed E-state index contributed by atoms with van der Waals surface area (Å²) < 4.78 is 5.79. The van der Waals surface area contributed by atoms with E-state index in [1.807, 2.05) is 33.2 Å². The van der Waals surface area contributed by atoms with E-state index in [0.29, 0.717) is 18.1 Å². The summed E-state index contributed by atoms with van der Waals surface area (Å²) in [6.45, 7) is 3.34. The highest BCUT2D eigenvalue weighted by atomic mass is 32.2. The molecule has 3 N–H and O–H groups in total. The Bertz CT molecular complexity index is 1070. The molecule has 0 aliphatic carbocycles. The summed E-state index contributed by atoms with van der Waals surface area (Å²) in [7, 11) is 4.02. The van der Waals surface area contributed by atoms with Gasteiger partial charge in [0.25, 0.3) is 5.56 Å². The third-order valence-electron chi connectivity index (χ3n) is 4.57. The van der Waals surface area contributed by atoms with Crippen LogP contribution in [0.4, 0.5) is 5.95 Å². The first-order chi connectivity index (χ1) is 14.4. The van der Waals surface area contributed by atoms with Crippen molar-refractivity contribution in [1.82, 2.24) is 19.9 Å². The normalized spacial score (nSPS) is 12.3. The van der Waals surface area contributed by atoms with Crippen LogP contribution in [0.15, 0.2) is 50.7 Å². The summed E-state index contributed by atoms with van der Waals surface area (Å²) >= 11 is 1.75. The number of nitrogens with one attached hydrogen (secondary N) is 3. The van der Waals surface area contributed by atoms with Crippen LogP contribution in [0, 0.1) is 0 Å². The van der Waals surface area contributed by atoms with Crippen molar-refractivity contribution < 1.29 is 4.42 Å². The fourth-order valence-corrected chi connectivity index (χ4v) is 3.77. The van der Waals surface area contributed by atoms with Gasteiger partial charge in [-0.1, -0.05) is 6.92 Å². The Hall–Kier alpha value is -2.78. The van der Waals surface area contributed by atoms with Crippen molar-refractivity contribution in [2.24, 2.45) is 0 Å². The molecule has 3 heterocycles. The zero-order chi connectivity index (χ0) is 21.5. The van der Waals surface area contributed by atoms with Gasteiger partial charge in [0.2, 0.25) is 11.5 Å². The minimum absolute atomic E-state index is 0.192. The number of thioether (sulfide) groups is 1. The van der Waals surface area contributed by atoms with Crippen molar-refractivity contribution in [1.29, 1.82) is 0 Å². The average Bonchev–Trinajstić information content (AvgIpc) is 3.14. The molecule has 0 radical (unpaired) electrons. The second-order valence-electron chi connectivity index (χ2n) is 7.31. The van der Waals surface area contributed by atoms with Crippen LogP contribution in [0.2, 0.25) is 0 Å². The van der Waals surface area contributed by atoms with E-state index >= 15 is 0 Å². The highest BCUT2D eigenvalue weighted by molar-refractivity contribution is 7.98. The lowest BCUT2D eigenvalue weighted by molar-refractivity contribution is 0.344. The molecule has 1 unspecified atom stereocenters. The van der Waals surface area contributed by atoms with Gasteiger partial charge in [-0.05, 0) is 37.9 Å². The van der Waals surface area contributed by atoms with Crippen LogP contribution in [0.3, 0.4) is 0 Å². The van der Waals surface area contributed by atoms with Crippen LogP contribution in [0.25, 0.3) is 0 Å². The largest absolute Gasteiger partial charge is 0.464 e. The molecule has 160 valence electrons. The van der Waals surface area contributed by atoms with Crippen LogP contribution < -0.4 is 16.4 Å². The summed E-state index contributed by atoms with van der Waals surface area (Å²) in [4.78, 5) is 35.7. The monoisotopic (exact) mass is 429 g/mol. The molecule has 30 heavy (non-hydrogen) atoms. The lowest BCUT2D eigenvalue weighted by Gasteiger charge is -2.11. The topological polar surface area (TPSA) is 107 Å². The Kier molecular flexibility index (Phi) is 7.53. The van der Waals surface area contributed by atoms with E-state index in [1.54, 1.807) is 30.2 Å². The Morgan fingerprint density at radius 1 is 1.23 bits per heavy atom. The maximum atomic E-state index is 12.4. The average molecular weight is 430 g/mol. The van der Waals surface area contributed by atoms with Crippen molar-refractivity contribution in [2.45, 2.75) is 25.1 Å². The highest BCUT2D eigenvalue weighted by Gasteiger charge is 2.14. The van der Waals surface area contributed by atoms with Crippen LogP contribution in [0.5, 0.6) is 0 Å². The van der Waals surface area contributed by atoms with Crippen LogP contribution in [0.1, 0.15) is 35.5 Å². The van der Waals surface area contributed by atoms with Gasteiger partial charge in [0.1, 0.15) is 11.5 Å². The second kappa shape index (κ2) is 10.3. The third kappa shape index (κ3) is 6.11. The lowest BCUT2D eigenvalue weighted by atomic mass is 9.96. The number of anilines is 1. The van der Waals surface area contributed by atoms with Gasteiger partial charge in [-0.3, -0.25) is 14.6 Å². The lowest BCUT2D eigenvalue weighted by Crippen LogP contribution is -2.20. The molecule has 0 aromatic carbocycles. The summed E-state index contributed by atoms with van der Waals surface area (Å²) in [6, 6.07) is 7.31. The molecule has 0 aliphatic heterocycles. The first-order valence-electron chi connectivity index (χ1n) is 9.74. The summed E-state index contributed by atoms with van der Waals surface area (Å²) in [6.07, 6.45) is 3.14. The molecule has 0 aliphatic rings. The van der Waals surface area contributed by atoms with Crippen molar-refractivity contribution in [2.75, 3.05) is 31.7 Å². The molecule has 0 saturated heterocycles. The van der Waals surface area contributed by atoms with Crippen molar-refractivity contribution in [3.63, 3.8) is 0 Å². The molecule has 0 bridgehead atoms. The minimum Gasteiger partial charge on any atom is -0.464 e. The van der Waals surface area contributed by atoms with Gasteiger partial charge in [0.15, 0.2) is 0 Å². The predicted octanol–water partition coefficient (Wildman–Crippen LogP) is 2.61. The van der Waals surface area contributed by atoms with Crippen LogP contribution >= 0.6 is 11.8 Å². The molecule has 3 aromatic heterocycles. The van der Waals surface area contributed by atoms with Crippen molar-refractivity contribution in [3.8, 4) is 0 Å². The molecule has 0 amide bonds. The van der Waals surface area contributed by atoms with E-state index in [2.05, 4.69) is 25.2 Å². The Balaban J connectivity index is 1.47. The fraction of sp³-hybridized carbons (Fsp3) is 0.381. The number of aromatic nitrogens is 3. The van der Waals surface area contributed by atoms with Gasteiger partial charge in [0.05, 0.1) is 12.3 Å². The number of hydrogen-bond donors (Lipinski definition) is 3. The van der Waals surface area contributed by atoms with Crippen molar-refractivity contribution >= 4 is 17.7 Å². The van der Waals surface area contributed by atoms with Crippen LogP contribution in [-0.2, 0) is 12.3 Å². The van der Waals surface area contributed by atoms with Gasteiger partial charge in [-0.2, -0.15) is 11.8 Å². The van der Waals surface area contributed by atoms with E-state index in [0.717, 1.165) is 35.1 Å². The number of hydrogen-bond acceptors (Lipinski definition) is 7. The Morgan fingerprint density at radius 2 is 2.03 bits per heavy atom. The molecular formula is C21H27N5O3S. The number of nitrogens with zero attached hydrogens (tertiary/aromatic N) is 2. The Labute approximate surface area is 179 Å². The van der Waals surface area contributed by atoms with E-state index < -0.39 is 0 Å². The van der Waals surface area contributed by atoms with Gasteiger partial charge in [-0.15, -0.1) is 0 Å². The fourth-order valence-electron chi connectivity index (χ4n) is 3.02. The smallest absolute Gasteiger partial charge is 0.256 e. The van der Waals surface area contributed by atoms with Gasteiger partial charge in [0, 0.05) is 42.2 Å².